The van der Waals surface area contributed by atoms with E-state index in [1.165, 1.54) is 21.3 Å². The van der Waals surface area contributed by atoms with Gasteiger partial charge in [-0.05, 0) is 76.6 Å². The van der Waals surface area contributed by atoms with E-state index in [2.05, 4.69) is 15.2 Å². The Labute approximate surface area is 308 Å². The topological polar surface area (TPSA) is 178 Å². The summed E-state index contributed by atoms with van der Waals surface area (Å²) in [6, 6.07) is 8.48. The maximum absolute atomic E-state index is 14.0. The summed E-state index contributed by atoms with van der Waals surface area (Å²) in [7, 11) is -0.138. The van der Waals surface area contributed by atoms with Gasteiger partial charge in [0.2, 0.25) is 0 Å². The lowest BCUT2D eigenvalue weighted by atomic mass is 10.1. The smallest absolute Gasteiger partial charge is 0.410 e. The monoisotopic (exact) mass is 754 g/mol. The number of morpholine rings is 1. The highest BCUT2D eigenvalue weighted by atomic mass is 32.2. The van der Waals surface area contributed by atoms with E-state index in [0.717, 1.165) is 44.4 Å². The molecule has 2 aromatic carbocycles. The molecule has 3 aliphatic rings. The first kappa shape index (κ1) is 36.6. The number of hydrogen-bond donors (Lipinski definition) is 2. The van der Waals surface area contributed by atoms with Crippen LogP contribution in [0.1, 0.15) is 82.4 Å². The molecule has 2 saturated heterocycles. The second-order valence-electron chi connectivity index (χ2n) is 14.3. The van der Waals surface area contributed by atoms with Gasteiger partial charge < -0.3 is 43.2 Å². The minimum absolute atomic E-state index is 0.00494. The highest BCUT2D eigenvalue weighted by molar-refractivity contribution is 7.93. The van der Waals surface area contributed by atoms with Gasteiger partial charge in [-0.1, -0.05) is 5.16 Å². The van der Waals surface area contributed by atoms with E-state index in [-0.39, 0.29) is 41.6 Å². The van der Waals surface area contributed by atoms with Crippen LogP contribution in [0.5, 0.6) is 17.2 Å². The van der Waals surface area contributed by atoms with Crippen LogP contribution >= 0.6 is 0 Å². The number of aromatic nitrogens is 3. The minimum atomic E-state index is -4.37. The quantitative estimate of drug-likeness (QED) is 0.170. The zero-order valence-corrected chi connectivity index (χ0v) is 31.6. The Hall–Kier alpha value is -4.74. The van der Waals surface area contributed by atoms with E-state index >= 15 is 0 Å². The molecule has 0 radical (unpaired) electrons. The maximum Gasteiger partial charge on any atom is 0.410 e. The number of rotatable bonds is 11. The first-order chi connectivity index (χ1) is 25.4. The van der Waals surface area contributed by atoms with Crippen molar-refractivity contribution >= 4 is 44.4 Å². The Morgan fingerprint density at radius 2 is 1.66 bits per heavy atom. The van der Waals surface area contributed by atoms with Crippen LogP contribution < -0.4 is 24.2 Å². The van der Waals surface area contributed by atoms with Gasteiger partial charge in [-0.2, -0.15) is 5.10 Å². The van der Waals surface area contributed by atoms with Gasteiger partial charge in [0.1, 0.15) is 29.0 Å². The Balaban J connectivity index is 1.14. The number of carbonyl (C=O) groups is 1. The molecule has 2 N–H and O–H groups in total. The zero-order chi connectivity index (χ0) is 37.5. The van der Waals surface area contributed by atoms with Gasteiger partial charge in [-0.3, -0.25) is 4.72 Å². The van der Waals surface area contributed by atoms with Crippen LogP contribution in [0.2, 0.25) is 0 Å². The molecular weight excluding hydrogens is 708 g/mol. The summed E-state index contributed by atoms with van der Waals surface area (Å²) < 4.78 is 72.7. The lowest BCUT2D eigenvalue weighted by molar-refractivity contribution is -0.0434. The van der Waals surface area contributed by atoms with Gasteiger partial charge >= 0.3 is 6.09 Å². The molecule has 3 fully saturated rings. The molecule has 4 heterocycles. The molecule has 1 saturated carbocycles. The number of fused-ring (bicyclic) bond motifs is 1. The van der Waals surface area contributed by atoms with Gasteiger partial charge in [0.25, 0.3) is 10.0 Å². The van der Waals surface area contributed by atoms with Crippen molar-refractivity contribution < 1.29 is 46.2 Å². The average molecular weight is 755 g/mol. The Morgan fingerprint density at radius 1 is 0.925 bits per heavy atom. The number of amides is 1. The second-order valence-corrected chi connectivity index (χ2v) is 16.0. The van der Waals surface area contributed by atoms with Crippen LogP contribution in [0, 0.1) is 0 Å². The van der Waals surface area contributed by atoms with Crippen molar-refractivity contribution in [1.29, 1.82) is 0 Å². The maximum atomic E-state index is 14.0. The number of benzene rings is 2. The summed E-state index contributed by atoms with van der Waals surface area (Å²) >= 11 is 0. The molecule has 2 aliphatic heterocycles. The third-order valence-electron chi connectivity index (χ3n) is 9.32. The van der Waals surface area contributed by atoms with Crippen LogP contribution in [0.25, 0.3) is 11.0 Å². The SMILES string of the molecule is COc1cc2c(NS(=O)(=O)c3c(OC)cc(C4CN(C(=O)OC(C)(C)C)CCO4)cc3OC)noc2cc1Nc1cc(C2CC2)n(C2CCCCO2)n1. The van der Waals surface area contributed by atoms with Gasteiger partial charge in [0, 0.05) is 36.9 Å². The number of anilines is 3. The van der Waals surface area contributed by atoms with Crippen molar-refractivity contribution in [2.75, 3.05) is 57.7 Å². The van der Waals surface area contributed by atoms with Crippen LogP contribution in [-0.2, 0) is 24.2 Å². The summed E-state index contributed by atoms with van der Waals surface area (Å²) in [5.74, 6) is 1.47. The summed E-state index contributed by atoms with van der Waals surface area (Å²) in [6.07, 6.45) is 4.16. The number of nitrogens with one attached hydrogen (secondary N) is 2. The molecule has 0 spiro atoms. The fraction of sp³-hybridized carbons (Fsp3) is 0.528. The number of ether oxygens (including phenoxy) is 6. The predicted octanol–water partition coefficient (Wildman–Crippen LogP) is 6.48. The lowest BCUT2D eigenvalue weighted by Gasteiger charge is -2.34. The molecule has 0 bridgehead atoms. The molecule has 17 heteroatoms. The third kappa shape index (κ3) is 7.82. The summed E-state index contributed by atoms with van der Waals surface area (Å²) in [6.45, 7) is 6.92. The third-order valence-corrected chi connectivity index (χ3v) is 10.7. The van der Waals surface area contributed by atoms with Gasteiger partial charge in [0.05, 0.1) is 45.6 Å². The number of carbonyl (C=O) groups excluding carboxylic acids is 1. The van der Waals surface area contributed by atoms with Crippen molar-refractivity contribution in [3.63, 3.8) is 0 Å². The molecule has 1 aliphatic carbocycles. The number of methoxy groups -OCH3 is 3. The molecule has 2 aromatic heterocycles. The number of sulfonamides is 1. The fourth-order valence-corrected chi connectivity index (χ4v) is 7.93. The highest BCUT2D eigenvalue weighted by Gasteiger charge is 2.34. The Kier molecular flexibility index (Phi) is 10.1. The summed E-state index contributed by atoms with van der Waals surface area (Å²) in [5, 5.41) is 12.6. The first-order valence-corrected chi connectivity index (χ1v) is 19.2. The van der Waals surface area contributed by atoms with E-state index < -0.39 is 27.8 Å². The molecular formula is C36H46N6O10S. The van der Waals surface area contributed by atoms with E-state index in [1.807, 2.05) is 10.7 Å². The van der Waals surface area contributed by atoms with E-state index in [9.17, 15) is 13.2 Å². The minimum Gasteiger partial charge on any atom is -0.495 e. The van der Waals surface area contributed by atoms with Crippen molar-refractivity contribution in [1.82, 2.24) is 19.8 Å². The van der Waals surface area contributed by atoms with Crippen LogP contribution in [0.3, 0.4) is 0 Å². The normalized spacial score (nSPS) is 19.5. The van der Waals surface area contributed by atoms with Crippen LogP contribution in [-0.4, -0.2) is 87.6 Å². The van der Waals surface area contributed by atoms with Crippen molar-refractivity contribution in [2.45, 2.75) is 81.6 Å². The standard InChI is InChI=1S/C36H46N6O10S/c1-36(2,3)51-35(43)41-12-14-49-30(20-41)22-15-28(47-5)33(29(16-22)48-6)53(44,45)40-34-23-17-27(46-4)24(18-26(23)52-39-34)37-31-19-25(21-10-11-21)42(38-31)32-9-7-8-13-50-32/h15-19,21,30,32H,7-14,20H2,1-6H3,(H,37,38)(H,39,40). The van der Waals surface area contributed by atoms with Gasteiger partial charge in [0.15, 0.2) is 28.3 Å². The second kappa shape index (κ2) is 14.6. The van der Waals surface area contributed by atoms with Crippen molar-refractivity contribution in [2.24, 2.45) is 0 Å². The first-order valence-electron chi connectivity index (χ1n) is 17.7. The molecule has 286 valence electrons. The number of nitrogens with zero attached hydrogens (tertiary/aromatic N) is 4. The van der Waals surface area contributed by atoms with Crippen molar-refractivity contribution in [3.05, 3.63) is 41.6 Å². The fourth-order valence-electron chi connectivity index (χ4n) is 6.62. The molecule has 16 nitrogen and oxygen atoms in total. The van der Waals surface area contributed by atoms with Gasteiger partial charge in [-0.15, -0.1) is 0 Å². The summed E-state index contributed by atoms with van der Waals surface area (Å²) in [4.78, 5) is 14.1. The molecule has 4 aromatic rings. The summed E-state index contributed by atoms with van der Waals surface area (Å²) in [5.41, 5.74) is 1.92. The molecule has 2 unspecified atom stereocenters. The zero-order valence-electron chi connectivity index (χ0n) is 30.8. The average Bonchev–Trinajstić information content (AvgIpc) is 3.80. The molecule has 2 atom stereocenters. The molecule has 7 rings (SSSR count). The predicted molar refractivity (Wildman–Crippen MR) is 194 cm³/mol. The van der Waals surface area contributed by atoms with E-state index in [0.29, 0.717) is 46.3 Å². The lowest BCUT2D eigenvalue weighted by Crippen LogP contribution is -2.44. The largest absolute Gasteiger partial charge is 0.495 e. The van der Waals surface area contributed by atoms with E-state index in [1.54, 1.807) is 49.9 Å². The Bertz CT molecular complexity index is 2060. The molecule has 1 amide bonds. The number of hydrogen-bond acceptors (Lipinski definition) is 13. The van der Waals surface area contributed by atoms with Crippen LogP contribution in [0.15, 0.2) is 39.8 Å². The van der Waals surface area contributed by atoms with Crippen LogP contribution in [0.4, 0.5) is 22.1 Å². The highest BCUT2D eigenvalue weighted by Crippen LogP contribution is 2.44. The van der Waals surface area contributed by atoms with Crippen molar-refractivity contribution in [3.8, 4) is 17.2 Å². The molecule has 53 heavy (non-hydrogen) atoms. The Morgan fingerprint density at radius 3 is 2.30 bits per heavy atom. The van der Waals surface area contributed by atoms with Gasteiger partial charge in [-0.25, -0.2) is 17.9 Å². The van der Waals surface area contributed by atoms with E-state index in [4.69, 9.17) is 38.0 Å².